The zero-order valence-electron chi connectivity index (χ0n) is 14.4. The maximum atomic E-state index is 5.87. The number of nitrogens with one attached hydrogen (secondary N) is 2. The van der Waals surface area contributed by atoms with Crippen molar-refractivity contribution in [1.82, 2.24) is 30.2 Å². The molecule has 1 aromatic carbocycles. The van der Waals surface area contributed by atoms with Gasteiger partial charge in [0.25, 0.3) is 0 Å². The lowest BCUT2D eigenvalue weighted by molar-refractivity contribution is 0.300. The summed E-state index contributed by atoms with van der Waals surface area (Å²) in [5, 5.41) is 16.1. The molecule has 0 bridgehead atoms. The number of rotatable bonds is 8. The molecule has 2 N–H and O–H groups in total. The van der Waals surface area contributed by atoms with Crippen molar-refractivity contribution in [3.8, 4) is 5.75 Å². The van der Waals surface area contributed by atoms with Crippen molar-refractivity contribution in [2.24, 2.45) is 7.05 Å². The number of hydrogen-bond acceptors (Lipinski definition) is 5. The van der Waals surface area contributed by atoms with E-state index in [9.17, 15) is 0 Å². The molecule has 24 heavy (non-hydrogen) atoms. The number of ether oxygens (including phenoxy) is 1. The number of benzene rings is 1. The molecule has 2 aromatic heterocycles. The Morgan fingerprint density at radius 2 is 2.21 bits per heavy atom. The van der Waals surface area contributed by atoms with Crippen molar-refractivity contribution in [2.75, 3.05) is 27.2 Å². The fourth-order valence-electron chi connectivity index (χ4n) is 2.59. The predicted molar refractivity (Wildman–Crippen MR) is 93.9 cm³/mol. The summed E-state index contributed by atoms with van der Waals surface area (Å²) in [6.07, 6.45) is 1.91. The minimum Gasteiger partial charge on any atom is -0.487 e. The molecule has 0 aliphatic rings. The van der Waals surface area contributed by atoms with Crippen LogP contribution in [0.15, 0.2) is 30.5 Å². The third-order valence-corrected chi connectivity index (χ3v) is 3.93. The van der Waals surface area contributed by atoms with Crippen LogP contribution in [-0.2, 0) is 20.2 Å². The van der Waals surface area contributed by atoms with E-state index >= 15 is 0 Å². The van der Waals surface area contributed by atoms with Gasteiger partial charge in [-0.1, -0.05) is 0 Å². The van der Waals surface area contributed by atoms with E-state index in [1.54, 1.807) is 4.68 Å². The van der Waals surface area contributed by atoms with Gasteiger partial charge in [0.15, 0.2) is 0 Å². The molecule has 0 radical (unpaired) electrons. The Labute approximate surface area is 141 Å². The van der Waals surface area contributed by atoms with Crippen LogP contribution in [0, 0.1) is 0 Å². The molecule has 0 aliphatic heterocycles. The smallest absolute Gasteiger partial charge is 0.132 e. The van der Waals surface area contributed by atoms with Gasteiger partial charge in [0.1, 0.15) is 12.4 Å². The highest BCUT2D eigenvalue weighted by molar-refractivity contribution is 5.82. The van der Waals surface area contributed by atoms with E-state index < -0.39 is 0 Å². The molecule has 7 nitrogen and oxygen atoms in total. The Hall–Kier alpha value is -2.38. The second-order valence-electron chi connectivity index (χ2n) is 5.99. The first-order chi connectivity index (χ1) is 11.7. The maximum Gasteiger partial charge on any atom is 0.132 e. The first-order valence-corrected chi connectivity index (χ1v) is 8.07. The van der Waals surface area contributed by atoms with Gasteiger partial charge in [-0.25, -0.2) is 0 Å². The van der Waals surface area contributed by atoms with E-state index in [-0.39, 0.29) is 0 Å². The summed E-state index contributed by atoms with van der Waals surface area (Å²) in [6, 6.07) is 7.96. The average molecular weight is 328 g/mol. The van der Waals surface area contributed by atoms with Gasteiger partial charge >= 0.3 is 0 Å². The molecule has 0 unspecified atom stereocenters. The van der Waals surface area contributed by atoms with Gasteiger partial charge in [0.2, 0.25) is 0 Å². The van der Waals surface area contributed by atoms with Crippen LogP contribution in [0.2, 0.25) is 0 Å². The van der Waals surface area contributed by atoms with Crippen LogP contribution in [0.25, 0.3) is 10.9 Å². The summed E-state index contributed by atoms with van der Waals surface area (Å²) in [7, 11) is 5.96. The number of fused-ring (bicyclic) bond motifs is 1. The third kappa shape index (κ3) is 3.93. The Balaban J connectivity index is 1.70. The van der Waals surface area contributed by atoms with Crippen molar-refractivity contribution >= 4 is 10.9 Å². The molecule has 2 heterocycles. The van der Waals surface area contributed by atoms with E-state index in [4.69, 9.17) is 4.74 Å². The predicted octanol–water partition coefficient (Wildman–Crippen LogP) is 1.53. The molecule has 0 saturated heterocycles. The van der Waals surface area contributed by atoms with E-state index in [0.717, 1.165) is 47.7 Å². The standard InChI is InChI=1S/C17H24N6O/c1-18-7-9-22(2)11-17-15-10-14(4-5-16(15)19-20-17)24-12-13-6-8-23(3)21-13/h4-6,8,10,18H,7,9,11-12H2,1-3H3,(H,19,20). The number of hydrogen-bond donors (Lipinski definition) is 2. The quantitative estimate of drug-likeness (QED) is 0.656. The van der Waals surface area contributed by atoms with E-state index in [2.05, 4.69) is 32.6 Å². The van der Waals surface area contributed by atoms with Gasteiger partial charge in [-0.3, -0.25) is 14.7 Å². The molecular formula is C17H24N6O. The fourth-order valence-corrected chi connectivity index (χ4v) is 2.59. The highest BCUT2D eigenvalue weighted by Crippen LogP contribution is 2.23. The minimum atomic E-state index is 0.460. The van der Waals surface area contributed by atoms with Crippen LogP contribution >= 0.6 is 0 Å². The molecule has 0 spiro atoms. The second kappa shape index (κ2) is 7.46. The second-order valence-corrected chi connectivity index (χ2v) is 5.99. The molecule has 0 fully saturated rings. The number of H-pyrrole nitrogens is 1. The lowest BCUT2D eigenvalue weighted by Gasteiger charge is -2.14. The molecule has 3 rings (SSSR count). The van der Waals surface area contributed by atoms with Crippen molar-refractivity contribution < 1.29 is 4.74 Å². The number of nitrogens with zero attached hydrogens (tertiary/aromatic N) is 4. The van der Waals surface area contributed by atoms with Crippen molar-refractivity contribution in [3.05, 3.63) is 41.9 Å². The Morgan fingerprint density at radius 1 is 1.33 bits per heavy atom. The van der Waals surface area contributed by atoms with Gasteiger partial charge in [-0.2, -0.15) is 10.2 Å². The zero-order valence-corrected chi connectivity index (χ0v) is 14.4. The summed E-state index contributed by atoms with van der Waals surface area (Å²) in [4.78, 5) is 2.24. The molecule has 0 amide bonds. The third-order valence-electron chi connectivity index (χ3n) is 3.93. The molecule has 0 atom stereocenters. The van der Waals surface area contributed by atoms with Crippen molar-refractivity contribution in [3.63, 3.8) is 0 Å². The first kappa shape index (κ1) is 16.5. The SMILES string of the molecule is CNCCN(C)Cc1n[nH]c2ccc(OCc3ccn(C)n3)cc12. The number of aromatic nitrogens is 4. The zero-order chi connectivity index (χ0) is 16.9. The summed E-state index contributed by atoms with van der Waals surface area (Å²) in [5.74, 6) is 0.827. The average Bonchev–Trinajstić information content (AvgIpc) is 3.17. The summed E-state index contributed by atoms with van der Waals surface area (Å²) in [5.41, 5.74) is 2.97. The first-order valence-electron chi connectivity index (χ1n) is 8.07. The molecule has 7 heteroatoms. The Bertz CT molecular complexity index is 793. The normalized spacial score (nSPS) is 11.5. The van der Waals surface area contributed by atoms with Crippen LogP contribution in [0.1, 0.15) is 11.4 Å². The minimum absolute atomic E-state index is 0.460. The summed E-state index contributed by atoms with van der Waals surface area (Å²) in [6.45, 7) is 3.19. The van der Waals surface area contributed by atoms with Crippen LogP contribution in [0.3, 0.4) is 0 Å². The van der Waals surface area contributed by atoms with Gasteiger partial charge in [-0.05, 0) is 38.4 Å². The number of likely N-dealkylation sites (N-methyl/N-ethyl adjacent to an activating group) is 2. The summed E-state index contributed by atoms with van der Waals surface area (Å²) < 4.78 is 7.64. The van der Waals surface area contributed by atoms with Crippen LogP contribution < -0.4 is 10.1 Å². The van der Waals surface area contributed by atoms with Crippen molar-refractivity contribution in [1.29, 1.82) is 0 Å². The number of aromatic amines is 1. The Morgan fingerprint density at radius 3 is 2.96 bits per heavy atom. The van der Waals surface area contributed by atoms with Gasteiger partial charge in [0.05, 0.1) is 16.9 Å². The summed E-state index contributed by atoms with van der Waals surface area (Å²) >= 11 is 0. The van der Waals surface area contributed by atoms with Crippen molar-refractivity contribution in [2.45, 2.75) is 13.2 Å². The highest BCUT2D eigenvalue weighted by Gasteiger charge is 2.10. The maximum absolute atomic E-state index is 5.87. The topological polar surface area (TPSA) is 71.0 Å². The monoisotopic (exact) mass is 328 g/mol. The lowest BCUT2D eigenvalue weighted by atomic mass is 10.2. The van der Waals surface area contributed by atoms with Crippen LogP contribution in [0.4, 0.5) is 0 Å². The Kier molecular flexibility index (Phi) is 5.12. The molecule has 0 saturated carbocycles. The fraction of sp³-hybridized carbons (Fsp3) is 0.412. The van der Waals surface area contributed by atoms with E-state index in [1.807, 2.05) is 44.6 Å². The van der Waals surface area contributed by atoms with Gasteiger partial charge in [0, 0.05) is 38.3 Å². The van der Waals surface area contributed by atoms with E-state index in [0.29, 0.717) is 6.61 Å². The van der Waals surface area contributed by atoms with Gasteiger partial charge < -0.3 is 10.1 Å². The highest BCUT2D eigenvalue weighted by atomic mass is 16.5. The number of aryl methyl sites for hydroxylation is 1. The van der Waals surface area contributed by atoms with Crippen LogP contribution in [0.5, 0.6) is 5.75 Å². The molecule has 128 valence electrons. The molecule has 0 aliphatic carbocycles. The lowest BCUT2D eigenvalue weighted by Crippen LogP contribution is -2.27. The van der Waals surface area contributed by atoms with Gasteiger partial charge in [-0.15, -0.1) is 0 Å². The molecular weight excluding hydrogens is 304 g/mol. The van der Waals surface area contributed by atoms with E-state index in [1.165, 1.54) is 0 Å². The van der Waals surface area contributed by atoms with Crippen LogP contribution in [-0.4, -0.2) is 52.1 Å². The largest absolute Gasteiger partial charge is 0.487 e. The molecule has 3 aromatic rings.